The quantitative estimate of drug-likeness (QED) is 0.245. The van der Waals surface area contributed by atoms with Crippen LogP contribution in [0.15, 0.2) is 42.5 Å². The number of nitrogens with zero attached hydrogens (tertiary/aromatic N) is 1. The van der Waals surface area contributed by atoms with Crippen LogP contribution >= 0.6 is 11.8 Å². The van der Waals surface area contributed by atoms with Crippen molar-refractivity contribution in [2.24, 2.45) is 5.92 Å². The number of benzene rings is 2. The van der Waals surface area contributed by atoms with Crippen molar-refractivity contribution in [2.45, 2.75) is 96.1 Å². The van der Waals surface area contributed by atoms with Gasteiger partial charge in [0.2, 0.25) is 0 Å². The standard InChI is InChI=1S/C35H48N2O5S/c1-25-11-9-10-16-29(25)31-23-26(17-18-30(31)33(38)36-32(34(39)40)20-22-43-2)19-21-37(24-27-12-5-3-6-13-27)35(41)42-28-14-7-4-8-15-28/h9-11,16-18,23,27-28,32H,3-8,12-15,19-22,24H2,1-2H3,(H,36,38)(H,39,40)/t32-/m0/s1. The lowest BCUT2D eigenvalue weighted by molar-refractivity contribution is -0.139. The minimum Gasteiger partial charge on any atom is -0.480 e. The second-order valence-corrected chi connectivity index (χ2v) is 13.2. The van der Waals surface area contributed by atoms with E-state index in [1.807, 2.05) is 54.5 Å². The Kier molecular flexibility index (Phi) is 12.8. The van der Waals surface area contributed by atoms with Crippen LogP contribution in [-0.4, -0.2) is 65.2 Å². The van der Waals surface area contributed by atoms with E-state index in [4.69, 9.17) is 4.74 Å². The fourth-order valence-electron chi connectivity index (χ4n) is 6.37. The topological polar surface area (TPSA) is 95.9 Å². The van der Waals surface area contributed by atoms with E-state index in [9.17, 15) is 19.5 Å². The number of aryl methyl sites for hydroxylation is 1. The van der Waals surface area contributed by atoms with Gasteiger partial charge in [0.05, 0.1) is 0 Å². The Morgan fingerprint density at radius 2 is 1.67 bits per heavy atom. The first-order valence-corrected chi connectivity index (χ1v) is 17.4. The summed E-state index contributed by atoms with van der Waals surface area (Å²) in [5.41, 5.74) is 4.20. The van der Waals surface area contributed by atoms with Crippen molar-refractivity contribution in [3.8, 4) is 11.1 Å². The smallest absolute Gasteiger partial charge is 0.410 e. The molecule has 0 unspecified atom stereocenters. The normalized spacial score (nSPS) is 16.8. The summed E-state index contributed by atoms with van der Waals surface area (Å²) in [6.07, 6.45) is 14.1. The van der Waals surface area contributed by atoms with Crippen LogP contribution < -0.4 is 5.32 Å². The zero-order chi connectivity index (χ0) is 30.6. The summed E-state index contributed by atoms with van der Waals surface area (Å²) in [5, 5.41) is 12.4. The van der Waals surface area contributed by atoms with Gasteiger partial charge in [0.25, 0.3) is 5.91 Å². The number of ether oxygens (including phenoxy) is 1. The lowest BCUT2D eigenvalue weighted by atomic mass is 9.89. The Morgan fingerprint density at radius 1 is 0.977 bits per heavy atom. The third-order valence-corrected chi connectivity index (χ3v) is 9.57. The van der Waals surface area contributed by atoms with Gasteiger partial charge in [-0.2, -0.15) is 11.8 Å². The minimum atomic E-state index is -1.03. The van der Waals surface area contributed by atoms with Crippen LogP contribution in [0.2, 0.25) is 0 Å². The molecule has 234 valence electrons. The number of hydrogen-bond donors (Lipinski definition) is 2. The van der Waals surface area contributed by atoms with E-state index in [2.05, 4.69) is 5.32 Å². The Labute approximate surface area is 261 Å². The van der Waals surface area contributed by atoms with Crippen molar-refractivity contribution in [1.82, 2.24) is 10.2 Å². The molecule has 0 spiro atoms. The van der Waals surface area contributed by atoms with E-state index in [0.717, 1.165) is 67.3 Å². The number of thioether (sulfide) groups is 1. The Balaban J connectivity index is 1.55. The summed E-state index contributed by atoms with van der Waals surface area (Å²) < 4.78 is 6.01. The van der Waals surface area contributed by atoms with E-state index >= 15 is 0 Å². The van der Waals surface area contributed by atoms with Crippen molar-refractivity contribution in [3.63, 3.8) is 0 Å². The van der Waals surface area contributed by atoms with Crippen molar-refractivity contribution >= 4 is 29.7 Å². The molecule has 0 saturated heterocycles. The molecule has 2 N–H and O–H groups in total. The first-order valence-electron chi connectivity index (χ1n) is 16.0. The Bertz CT molecular complexity index is 1220. The van der Waals surface area contributed by atoms with Crippen LogP contribution in [0.25, 0.3) is 11.1 Å². The molecule has 7 nitrogen and oxygen atoms in total. The predicted molar refractivity (Wildman–Crippen MR) is 174 cm³/mol. The number of hydrogen-bond acceptors (Lipinski definition) is 5. The first kappa shape index (κ1) is 32.9. The molecule has 2 aliphatic rings. The van der Waals surface area contributed by atoms with Gasteiger partial charge in [-0.1, -0.05) is 62.1 Å². The number of carboxylic acids is 1. The van der Waals surface area contributed by atoms with Gasteiger partial charge in [-0.05, 0) is 105 Å². The molecule has 4 rings (SSSR count). The van der Waals surface area contributed by atoms with Crippen molar-refractivity contribution < 1.29 is 24.2 Å². The van der Waals surface area contributed by atoms with Crippen LogP contribution in [0, 0.1) is 12.8 Å². The van der Waals surface area contributed by atoms with Gasteiger partial charge in [0.15, 0.2) is 0 Å². The molecule has 2 aromatic carbocycles. The summed E-state index contributed by atoms with van der Waals surface area (Å²) in [4.78, 5) is 40.6. The van der Waals surface area contributed by atoms with Crippen LogP contribution in [0.5, 0.6) is 0 Å². The molecule has 0 radical (unpaired) electrons. The van der Waals surface area contributed by atoms with Crippen molar-refractivity contribution in [1.29, 1.82) is 0 Å². The molecule has 0 aromatic heterocycles. The van der Waals surface area contributed by atoms with Crippen molar-refractivity contribution in [2.75, 3.05) is 25.1 Å². The average molecular weight is 609 g/mol. The second-order valence-electron chi connectivity index (χ2n) is 12.2. The van der Waals surface area contributed by atoms with Gasteiger partial charge in [0, 0.05) is 18.7 Å². The van der Waals surface area contributed by atoms with Crippen LogP contribution in [-0.2, 0) is 16.0 Å². The fraction of sp³-hybridized carbons (Fsp3) is 0.571. The number of carboxylic acid groups (broad SMARTS) is 1. The van der Waals surface area contributed by atoms with Crippen LogP contribution in [0.4, 0.5) is 4.79 Å². The third-order valence-electron chi connectivity index (χ3n) is 8.93. The molecule has 43 heavy (non-hydrogen) atoms. The van der Waals surface area contributed by atoms with E-state index < -0.39 is 17.9 Å². The summed E-state index contributed by atoms with van der Waals surface area (Å²) in [5.74, 6) is -0.279. The molecular formula is C35H48N2O5S. The highest BCUT2D eigenvalue weighted by atomic mass is 32.2. The largest absolute Gasteiger partial charge is 0.480 e. The highest BCUT2D eigenvalue weighted by Gasteiger charge is 2.26. The van der Waals surface area contributed by atoms with Gasteiger partial charge < -0.3 is 20.1 Å². The van der Waals surface area contributed by atoms with Gasteiger partial charge in [0.1, 0.15) is 12.1 Å². The zero-order valence-corrected chi connectivity index (χ0v) is 26.6. The number of aliphatic carboxylic acids is 1. The lowest BCUT2D eigenvalue weighted by Crippen LogP contribution is -2.41. The van der Waals surface area contributed by atoms with E-state index in [-0.39, 0.29) is 12.2 Å². The lowest BCUT2D eigenvalue weighted by Gasteiger charge is -2.31. The van der Waals surface area contributed by atoms with Crippen LogP contribution in [0.3, 0.4) is 0 Å². The minimum absolute atomic E-state index is 0.0195. The molecule has 0 heterocycles. The molecule has 2 fully saturated rings. The molecule has 0 aliphatic heterocycles. The molecule has 8 heteroatoms. The van der Waals surface area contributed by atoms with Gasteiger partial charge in [-0.25, -0.2) is 9.59 Å². The average Bonchev–Trinajstić information content (AvgIpc) is 3.02. The predicted octanol–water partition coefficient (Wildman–Crippen LogP) is 7.49. The SMILES string of the molecule is CSCC[C@H](NC(=O)c1ccc(CCN(CC2CCCCC2)C(=O)OC2CCCCC2)cc1-c1ccccc1C)C(=O)O. The Hall–Kier alpha value is -3.00. The summed E-state index contributed by atoms with van der Waals surface area (Å²) in [7, 11) is 0. The first-order chi connectivity index (χ1) is 20.9. The van der Waals surface area contributed by atoms with E-state index in [1.54, 1.807) is 17.8 Å². The van der Waals surface area contributed by atoms with Gasteiger partial charge in [-0.3, -0.25) is 4.79 Å². The molecule has 2 amide bonds. The monoisotopic (exact) mass is 608 g/mol. The van der Waals surface area contributed by atoms with Gasteiger partial charge in [-0.15, -0.1) is 0 Å². The summed E-state index contributed by atoms with van der Waals surface area (Å²) in [6.45, 7) is 3.29. The molecule has 2 aromatic rings. The highest BCUT2D eigenvalue weighted by Crippen LogP contribution is 2.30. The number of amides is 2. The van der Waals surface area contributed by atoms with Crippen molar-refractivity contribution in [3.05, 3.63) is 59.2 Å². The summed E-state index contributed by atoms with van der Waals surface area (Å²) in [6, 6.07) is 12.7. The molecule has 0 bridgehead atoms. The molecule has 2 saturated carbocycles. The van der Waals surface area contributed by atoms with Crippen LogP contribution in [0.1, 0.15) is 92.1 Å². The zero-order valence-electron chi connectivity index (χ0n) is 25.8. The fourth-order valence-corrected chi connectivity index (χ4v) is 6.85. The number of carbonyl (C=O) groups excluding carboxylic acids is 2. The highest BCUT2D eigenvalue weighted by molar-refractivity contribution is 7.98. The molecular weight excluding hydrogens is 560 g/mol. The molecule has 1 atom stereocenters. The van der Waals surface area contributed by atoms with E-state index in [1.165, 1.54) is 25.7 Å². The second kappa shape index (κ2) is 16.7. The maximum absolute atomic E-state index is 13.5. The third kappa shape index (κ3) is 9.75. The number of rotatable bonds is 13. The molecule has 2 aliphatic carbocycles. The Morgan fingerprint density at radius 3 is 2.35 bits per heavy atom. The maximum Gasteiger partial charge on any atom is 0.410 e. The number of carbonyl (C=O) groups is 3. The maximum atomic E-state index is 13.5. The van der Waals surface area contributed by atoms with Gasteiger partial charge >= 0.3 is 12.1 Å². The van der Waals surface area contributed by atoms with E-state index in [0.29, 0.717) is 36.6 Å². The number of nitrogens with one attached hydrogen (secondary N) is 1. The summed E-state index contributed by atoms with van der Waals surface area (Å²) >= 11 is 1.55.